The summed E-state index contributed by atoms with van der Waals surface area (Å²) in [4.78, 5) is 0. The monoisotopic (exact) mass is 262 g/mol. The van der Waals surface area contributed by atoms with Crippen LogP contribution in [0.25, 0.3) is 0 Å². The number of ether oxygens (including phenoxy) is 1. The van der Waals surface area contributed by atoms with Gasteiger partial charge in [-0.2, -0.15) is 0 Å². The Kier molecular flexibility index (Phi) is 4.87. The van der Waals surface area contributed by atoms with E-state index in [1.54, 1.807) is 0 Å². The third kappa shape index (κ3) is 3.73. The summed E-state index contributed by atoms with van der Waals surface area (Å²) in [6.45, 7) is 6.67. The Balaban J connectivity index is 1.94. The minimum Gasteiger partial charge on any atom is -0.490 e. The van der Waals surface area contributed by atoms with Crippen LogP contribution in [0, 0.1) is 26.7 Å². The Morgan fingerprint density at radius 2 is 1.68 bits per heavy atom. The molecule has 0 amide bonds. The first kappa shape index (κ1) is 14.4. The topological polar surface area (TPSA) is 29.5 Å². The summed E-state index contributed by atoms with van der Waals surface area (Å²) < 4.78 is 5.89. The van der Waals surface area contributed by atoms with Gasteiger partial charge in [0.15, 0.2) is 0 Å². The largest absolute Gasteiger partial charge is 0.490 e. The van der Waals surface area contributed by atoms with Crippen LogP contribution in [-0.2, 0) is 0 Å². The van der Waals surface area contributed by atoms with Crippen molar-refractivity contribution in [2.24, 2.45) is 5.92 Å². The molecule has 1 unspecified atom stereocenters. The number of aliphatic hydroxyl groups excluding tert-OH is 1. The van der Waals surface area contributed by atoms with Crippen molar-refractivity contribution in [3.05, 3.63) is 28.8 Å². The van der Waals surface area contributed by atoms with E-state index in [0.29, 0.717) is 12.5 Å². The van der Waals surface area contributed by atoms with E-state index in [1.807, 2.05) is 0 Å². The fraction of sp³-hybridized carbons (Fsp3) is 0.647. The maximum absolute atomic E-state index is 10.2. The van der Waals surface area contributed by atoms with Crippen LogP contribution in [-0.4, -0.2) is 17.8 Å². The summed E-state index contributed by atoms with van der Waals surface area (Å²) in [6, 6.07) is 4.27. The summed E-state index contributed by atoms with van der Waals surface area (Å²) in [5.74, 6) is 1.38. The van der Waals surface area contributed by atoms with Crippen LogP contribution >= 0.6 is 0 Å². The molecule has 1 atom stereocenters. The van der Waals surface area contributed by atoms with Crippen LogP contribution < -0.4 is 4.74 Å². The lowest BCUT2D eigenvalue weighted by molar-refractivity contribution is 0.0409. The molecule has 0 spiro atoms. The average molecular weight is 262 g/mol. The first-order valence-electron chi connectivity index (χ1n) is 7.46. The first-order valence-corrected chi connectivity index (χ1v) is 7.46. The van der Waals surface area contributed by atoms with Crippen molar-refractivity contribution >= 4 is 0 Å². The lowest BCUT2D eigenvalue weighted by Gasteiger charge is -2.27. The number of aliphatic hydroxyl groups is 1. The predicted molar refractivity (Wildman–Crippen MR) is 78.7 cm³/mol. The third-order valence-corrected chi connectivity index (χ3v) is 4.20. The van der Waals surface area contributed by atoms with Gasteiger partial charge in [0.25, 0.3) is 0 Å². The summed E-state index contributed by atoms with van der Waals surface area (Å²) >= 11 is 0. The number of hydrogen-bond donors (Lipinski definition) is 1. The molecule has 0 heterocycles. The van der Waals surface area contributed by atoms with Crippen molar-refractivity contribution < 1.29 is 9.84 Å². The van der Waals surface area contributed by atoms with E-state index >= 15 is 0 Å². The van der Waals surface area contributed by atoms with Gasteiger partial charge < -0.3 is 9.84 Å². The standard InChI is InChI=1S/C17H26O2/c1-12-9-13(2)17(14(3)10-12)19-11-16(18)15-7-5-4-6-8-15/h9-10,15-16,18H,4-8,11H2,1-3H3. The van der Waals surface area contributed by atoms with Gasteiger partial charge in [-0.05, 0) is 50.7 Å². The van der Waals surface area contributed by atoms with E-state index in [-0.39, 0.29) is 6.10 Å². The molecule has 1 aromatic rings. The molecule has 1 aliphatic carbocycles. The minimum atomic E-state index is -0.319. The molecule has 0 aliphatic heterocycles. The fourth-order valence-electron chi connectivity index (χ4n) is 3.22. The van der Waals surface area contributed by atoms with E-state index < -0.39 is 0 Å². The molecule has 0 saturated heterocycles. The third-order valence-electron chi connectivity index (χ3n) is 4.20. The maximum Gasteiger partial charge on any atom is 0.125 e. The van der Waals surface area contributed by atoms with Gasteiger partial charge in [0, 0.05) is 0 Å². The van der Waals surface area contributed by atoms with Crippen molar-refractivity contribution in [3.63, 3.8) is 0 Å². The molecule has 2 heteroatoms. The van der Waals surface area contributed by atoms with Crippen molar-refractivity contribution in [3.8, 4) is 5.75 Å². The van der Waals surface area contributed by atoms with Gasteiger partial charge in [0.2, 0.25) is 0 Å². The second kappa shape index (κ2) is 6.42. The molecule has 0 aromatic heterocycles. The van der Waals surface area contributed by atoms with Gasteiger partial charge in [-0.15, -0.1) is 0 Å². The molecule has 0 radical (unpaired) electrons. The minimum absolute atomic E-state index is 0.319. The van der Waals surface area contributed by atoms with Crippen LogP contribution in [0.5, 0.6) is 5.75 Å². The van der Waals surface area contributed by atoms with Gasteiger partial charge >= 0.3 is 0 Å². The maximum atomic E-state index is 10.2. The van der Waals surface area contributed by atoms with Gasteiger partial charge in [-0.1, -0.05) is 37.0 Å². The summed E-state index contributed by atoms with van der Waals surface area (Å²) in [6.07, 6.45) is 5.81. The van der Waals surface area contributed by atoms with Crippen LogP contribution in [0.2, 0.25) is 0 Å². The second-order valence-corrected chi connectivity index (χ2v) is 6.00. The first-order chi connectivity index (χ1) is 9.08. The number of hydrogen-bond acceptors (Lipinski definition) is 2. The Bertz CT molecular complexity index is 396. The molecule has 19 heavy (non-hydrogen) atoms. The smallest absolute Gasteiger partial charge is 0.125 e. The molecule has 1 aromatic carbocycles. The van der Waals surface area contributed by atoms with Gasteiger partial charge in [0.1, 0.15) is 12.4 Å². The zero-order chi connectivity index (χ0) is 13.8. The zero-order valence-corrected chi connectivity index (χ0v) is 12.4. The highest BCUT2D eigenvalue weighted by Gasteiger charge is 2.22. The van der Waals surface area contributed by atoms with Crippen molar-refractivity contribution in [1.82, 2.24) is 0 Å². The summed E-state index contributed by atoms with van der Waals surface area (Å²) in [5.41, 5.74) is 3.58. The molecule has 1 aliphatic rings. The van der Waals surface area contributed by atoms with E-state index in [9.17, 15) is 5.11 Å². The SMILES string of the molecule is Cc1cc(C)c(OCC(O)C2CCCCC2)c(C)c1. The fourth-order valence-corrected chi connectivity index (χ4v) is 3.22. The van der Waals surface area contributed by atoms with E-state index in [2.05, 4.69) is 32.9 Å². The predicted octanol–water partition coefficient (Wildman–Crippen LogP) is 3.93. The van der Waals surface area contributed by atoms with Crippen molar-refractivity contribution in [2.45, 2.75) is 59.0 Å². The lowest BCUT2D eigenvalue weighted by atomic mass is 9.85. The van der Waals surface area contributed by atoms with Crippen molar-refractivity contribution in [2.75, 3.05) is 6.61 Å². The molecule has 0 bridgehead atoms. The highest BCUT2D eigenvalue weighted by molar-refractivity contribution is 5.42. The molecule has 106 valence electrons. The van der Waals surface area contributed by atoms with Crippen LogP contribution in [0.3, 0.4) is 0 Å². The average Bonchev–Trinajstić information content (AvgIpc) is 2.38. The summed E-state index contributed by atoms with van der Waals surface area (Å²) in [7, 11) is 0. The number of benzene rings is 1. The zero-order valence-electron chi connectivity index (χ0n) is 12.4. The number of aryl methyl sites for hydroxylation is 3. The lowest BCUT2D eigenvalue weighted by Crippen LogP contribution is -2.29. The molecule has 1 N–H and O–H groups in total. The molecule has 1 saturated carbocycles. The molecular formula is C17H26O2. The van der Waals surface area contributed by atoms with Crippen molar-refractivity contribution in [1.29, 1.82) is 0 Å². The van der Waals surface area contributed by atoms with Crippen LogP contribution in [0.15, 0.2) is 12.1 Å². The van der Waals surface area contributed by atoms with E-state index in [4.69, 9.17) is 4.74 Å². The Morgan fingerprint density at radius 3 is 2.26 bits per heavy atom. The quantitative estimate of drug-likeness (QED) is 0.890. The molecule has 1 fully saturated rings. The van der Waals surface area contributed by atoms with Crippen LogP contribution in [0.1, 0.15) is 48.8 Å². The molecule has 2 rings (SSSR count). The normalized spacial score (nSPS) is 18.3. The highest BCUT2D eigenvalue weighted by Crippen LogP contribution is 2.28. The highest BCUT2D eigenvalue weighted by atomic mass is 16.5. The van der Waals surface area contributed by atoms with E-state index in [1.165, 1.54) is 24.8 Å². The Morgan fingerprint density at radius 1 is 1.11 bits per heavy atom. The molecular weight excluding hydrogens is 236 g/mol. The van der Waals surface area contributed by atoms with Gasteiger partial charge in [0.05, 0.1) is 6.10 Å². The van der Waals surface area contributed by atoms with Gasteiger partial charge in [-0.3, -0.25) is 0 Å². The molecule has 2 nitrogen and oxygen atoms in total. The second-order valence-electron chi connectivity index (χ2n) is 6.00. The van der Waals surface area contributed by atoms with E-state index in [0.717, 1.165) is 29.7 Å². The van der Waals surface area contributed by atoms with Gasteiger partial charge in [-0.25, -0.2) is 0 Å². The Hall–Kier alpha value is -1.02. The summed E-state index contributed by atoms with van der Waals surface area (Å²) in [5, 5.41) is 10.2. The number of rotatable bonds is 4. The Labute approximate surface area is 116 Å². The van der Waals surface area contributed by atoms with Crippen LogP contribution in [0.4, 0.5) is 0 Å².